The zero-order chi connectivity index (χ0) is 7.33. The minimum absolute atomic E-state index is 0.574. The van der Waals surface area contributed by atoms with E-state index < -0.39 is 0 Å². The van der Waals surface area contributed by atoms with E-state index >= 15 is 0 Å². The van der Waals surface area contributed by atoms with E-state index in [1.54, 1.807) is 0 Å². The summed E-state index contributed by atoms with van der Waals surface area (Å²) in [5.74, 6) is 1.34. The fourth-order valence-corrected chi connectivity index (χ4v) is 3.55. The predicted octanol–water partition coefficient (Wildman–Crippen LogP) is 3.58. The van der Waals surface area contributed by atoms with E-state index in [0.29, 0.717) is 4.75 Å². The van der Waals surface area contributed by atoms with Crippen LogP contribution in [0, 0.1) is 0 Å². The van der Waals surface area contributed by atoms with E-state index in [-0.39, 0.29) is 0 Å². The van der Waals surface area contributed by atoms with Crippen LogP contribution in [-0.2, 0) is 0 Å². The van der Waals surface area contributed by atoms with Crippen LogP contribution >= 0.6 is 21.6 Å². The van der Waals surface area contributed by atoms with Crippen molar-refractivity contribution in [2.75, 3.05) is 5.75 Å². The largest absolute Gasteiger partial charge is 0.0936 e. The first-order valence-corrected chi connectivity index (χ1v) is 5.83. The topological polar surface area (TPSA) is 0 Å². The zero-order valence-electron chi connectivity index (χ0n) is 6.73. The summed E-state index contributed by atoms with van der Waals surface area (Å²) in [5.41, 5.74) is 0. The fourth-order valence-electron chi connectivity index (χ4n) is 0.530. The summed E-state index contributed by atoms with van der Waals surface area (Å²) in [5, 5.41) is 0. The minimum Gasteiger partial charge on any atom is -0.0936 e. The van der Waals surface area contributed by atoms with E-state index in [1.807, 2.05) is 35.4 Å². The molecule has 0 saturated carbocycles. The van der Waals surface area contributed by atoms with Gasteiger partial charge in [-0.15, -0.1) is 0 Å². The molecule has 0 amide bonds. The van der Waals surface area contributed by atoms with Crippen LogP contribution in [0.4, 0.5) is 0 Å². The molecule has 1 heterocycles. The molecule has 56 valence electrons. The lowest BCUT2D eigenvalue weighted by Crippen LogP contribution is -2.07. The second-order valence-electron chi connectivity index (χ2n) is 2.42. The third-order valence-corrected chi connectivity index (χ3v) is 4.42. The Bertz CT molecular complexity index is 61.3. The summed E-state index contributed by atoms with van der Waals surface area (Å²) in [6.45, 7) is 8.61. The molecule has 1 aliphatic heterocycles. The van der Waals surface area contributed by atoms with E-state index in [4.69, 9.17) is 0 Å². The molecule has 0 aliphatic carbocycles. The van der Waals surface area contributed by atoms with Crippen molar-refractivity contribution >= 4 is 21.6 Å². The normalized spacial score (nSPS) is 22.7. The average Bonchev–Trinajstić information content (AvgIpc) is 2.19. The Morgan fingerprint density at radius 2 is 1.78 bits per heavy atom. The van der Waals surface area contributed by atoms with Gasteiger partial charge in [0.15, 0.2) is 0 Å². The summed E-state index contributed by atoms with van der Waals surface area (Å²) in [4.78, 5) is 0. The smallest absolute Gasteiger partial charge is 0.0215 e. The predicted molar refractivity (Wildman–Crippen MR) is 50.1 cm³/mol. The Morgan fingerprint density at radius 3 is 1.89 bits per heavy atom. The number of hydrogen-bond acceptors (Lipinski definition) is 2. The summed E-state index contributed by atoms with van der Waals surface area (Å²) in [6, 6.07) is 0. The van der Waals surface area contributed by atoms with Crippen LogP contribution in [0.15, 0.2) is 0 Å². The summed E-state index contributed by atoms with van der Waals surface area (Å²) in [7, 11) is 4.01. The molecule has 0 spiro atoms. The molecule has 0 aromatic rings. The van der Waals surface area contributed by atoms with Crippen molar-refractivity contribution in [1.29, 1.82) is 0 Å². The molecule has 0 bridgehead atoms. The van der Waals surface area contributed by atoms with Crippen molar-refractivity contribution in [2.45, 2.75) is 38.9 Å². The van der Waals surface area contributed by atoms with Crippen molar-refractivity contribution in [1.82, 2.24) is 0 Å². The Labute approximate surface area is 66.6 Å². The molecule has 9 heavy (non-hydrogen) atoms. The SMILES string of the molecule is CC.CC1(C)CCSS1. The lowest BCUT2D eigenvalue weighted by atomic mass is 10.1. The molecule has 0 unspecified atom stereocenters. The summed E-state index contributed by atoms with van der Waals surface area (Å²) < 4.78 is 0.574. The maximum absolute atomic E-state index is 2.30. The molecule has 0 atom stereocenters. The van der Waals surface area contributed by atoms with Crippen LogP contribution in [0.3, 0.4) is 0 Å². The van der Waals surface area contributed by atoms with Gasteiger partial charge in [-0.05, 0) is 20.3 Å². The molecule has 0 radical (unpaired) electrons. The van der Waals surface area contributed by atoms with E-state index in [9.17, 15) is 0 Å². The van der Waals surface area contributed by atoms with Crippen molar-refractivity contribution in [3.05, 3.63) is 0 Å². The van der Waals surface area contributed by atoms with Gasteiger partial charge in [-0.25, -0.2) is 0 Å². The molecule has 1 aliphatic rings. The molecular weight excluding hydrogens is 148 g/mol. The Morgan fingerprint density at radius 1 is 1.22 bits per heavy atom. The van der Waals surface area contributed by atoms with Crippen LogP contribution in [0.1, 0.15) is 34.1 Å². The Balaban J connectivity index is 0.000000291. The van der Waals surface area contributed by atoms with Gasteiger partial charge in [-0.1, -0.05) is 35.4 Å². The standard InChI is InChI=1S/C5H10S2.C2H6/c1-5(2)3-4-6-7-5;1-2/h3-4H2,1-2H3;1-2H3. The maximum atomic E-state index is 2.30. The fraction of sp³-hybridized carbons (Fsp3) is 1.00. The minimum atomic E-state index is 0.574. The lowest BCUT2D eigenvalue weighted by molar-refractivity contribution is 0.705. The van der Waals surface area contributed by atoms with Crippen molar-refractivity contribution in [3.8, 4) is 0 Å². The van der Waals surface area contributed by atoms with Crippen molar-refractivity contribution in [2.24, 2.45) is 0 Å². The Hall–Kier alpha value is 0.700. The Kier molecular flexibility index (Phi) is 4.86. The highest BCUT2D eigenvalue weighted by atomic mass is 33.1. The van der Waals surface area contributed by atoms with Gasteiger partial charge < -0.3 is 0 Å². The monoisotopic (exact) mass is 164 g/mol. The van der Waals surface area contributed by atoms with Gasteiger partial charge in [-0.2, -0.15) is 0 Å². The molecular formula is C7H16S2. The van der Waals surface area contributed by atoms with Gasteiger partial charge in [0.05, 0.1) is 0 Å². The second kappa shape index (κ2) is 4.51. The van der Waals surface area contributed by atoms with Crippen LogP contribution < -0.4 is 0 Å². The highest BCUT2D eigenvalue weighted by Gasteiger charge is 2.23. The molecule has 1 saturated heterocycles. The first-order chi connectivity index (χ1) is 4.21. The highest BCUT2D eigenvalue weighted by Crippen LogP contribution is 2.45. The van der Waals surface area contributed by atoms with Gasteiger partial charge >= 0.3 is 0 Å². The van der Waals surface area contributed by atoms with Gasteiger partial charge in [0, 0.05) is 10.5 Å². The van der Waals surface area contributed by atoms with Crippen molar-refractivity contribution < 1.29 is 0 Å². The first kappa shape index (κ1) is 9.70. The van der Waals surface area contributed by atoms with Crippen molar-refractivity contribution in [3.63, 3.8) is 0 Å². The molecule has 0 nitrogen and oxygen atoms in total. The molecule has 1 rings (SSSR count). The third kappa shape index (κ3) is 4.15. The molecule has 0 aromatic heterocycles. The first-order valence-electron chi connectivity index (χ1n) is 3.51. The average molecular weight is 164 g/mol. The van der Waals surface area contributed by atoms with Crippen LogP contribution in [0.5, 0.6) is 0 Å². The highest BCUT2D eigenvalue weighted by molar-refractivity contribution is 8.77. The van der Waals surface area contributed by atoms with E-state index in [1.165, 1.54) is 12.2 Å². The van der Waals surface area contributed by atoms with E-state index in [0.717, 1.165) is 0 Å². The van der Waals surface area contributed by atoms with Crippen LogP contribution in [0.25, 0.3) is 0 Å². The van der Waals surface area contributed by atoms with Gasteiger partial charge in [0.25, 0.3) is 0 Å². The van der Waals surface area contributed by atoms with Gasteiger partial charge in [-0.3, -0.25) is 0 Å². The van der Waals surface area contributed by atoms with Crippen LogP contribution in [-0.4, -0.2) is 10.5 Å². The third-order valence-electron chi connectivity index (χ3n) is 1.07. The molecule has 1 fully saturated rings. The van der Waals surface area contributed by atoms with Gasteiger partial charge in [0.1, 0.15) is 0 Å². The summed E-state index contributed by atoms with van der Waals surface area (Å²) in [6.07, 6.45) is 1.38. The van der Waals surface area contributed by atoms with Gasteiger partial charge in [0.2, 0.25) is 0 Å². The number of rotatable bonds is 0. The molecule has 2 heteroatoms. The summed E-state index contributed by atoms with van der Waals surface area (Å²) >= 11 is 0. The van der Waals surface area contributed by atoms with E-state index in [2.05, 4.69) is 13.8 Å². The number of hydrogen-bond donors (Lipinski definition) is 0. The van der Waals surface area contributed by atoms with Crippen LogP contribution in [0.2, 0.25) is 0 Å². The zero-order valence-corrected chi connectivity index (χ0v) is 8.36. The molecule has 0 N–H and O–H groups in total. The molecule has 0 aromatic carbocycles. The lowest BCUT2D eigenvalue weighted by Gasteiger charge is -2.11. The second-order valence-corrected chi connectivity index (χ2v) is 5.54. The maximum Gasteiger partial charge on any atom is 0.0215 e. The quantitative estimate of drug-likeness (QED) is 0.502.